The number of carbonyl (C=O) groups is 2. The van der Waals surface area contributed by atoms with Gasteiger partial charge in [-0.3, -0.25) is 9.59 Å². The molecule has 2 aliphatic rings. The molecule has 1 aromatic carbocycles. The number of nitrogens with zero attached hydrogens (tertiary/aromatic N) is 1. The molecule has 1 aliphatic carbocycles. The highest BCUT2D eigenvalue weighted by atomic mass is 19.1. The molecule has 20 heavy (non-hydrogen) atoms. The zero-order chi connectivity index (χ0) is 14.3. The van der Waals surface area contributed by atoms with E-state index < -0.39 is 23.1 Å². The minimum Gasteiger partial charge on any atom is -0.491 e. The first kappa shape index (κ1) is 12.9. The predicted octanol–water partition coefficient (Wildman–Crippen LogP) is 1.41. The van der Waals surface area contributed by atoms with Crippen LogP contribution >= 0.6 is 0 Å². The topological polar surface area (TPSA) is 66.8 Å². The molecular formula is C14H14FNO4. The molecule has 1 amide bonds. The van der Waals surface area contributed by atoms with Gasteiger partial charge in [0.1, 0.15) is 23.6 Å². The van der Waals surface area contributed by atoms with Gasteiger partial charge in [-0.1, -0.05) is 6.07 Å². The fourth-order valence-corrected chi connectivity index (χ4v) is 2.48. The first-order chi connectivity index (χ1) is 9.54. The van der Waals surface area contributed by atoms with Crippen LogP contribution in [0.4, 0.5) is 4.39 Å². The first-order valence-corrected chi connectivity index (χ1v) is 6.47. The number of benzene rings is 1. The smallest absolute Gasteiger partial charge is 0.319 e. The second kappa shape index (κ2) is 4.47. The molecule has 6 heteroatoms. The quantitative estimate of drug-likeness (QED) is 0.831. The molecular weight excluding hydrogens is 265 g/mol. The van der Waals surface area contributed by atoms with Crippen molar-refractivity contribution in [3.8, 4) is 5.75 Å². The highest BCUT2D eigenvalue weighted by molar-refractivity contribution is 6.04. The Bertz CT molecular complexity index is 583. The number of aliphatic carboxylic acids is 1. The van der Waals surface area contributed by atoms with E-state index >= 15 is 0 Å². The first-order valence-electron chi connectivity index (χ1n) is 6.47. The number of rotatable bonds is 2. The lowest BCUT2D eigenvalue weighted by Crippen LogP contribution is -2.41. The third-order valence-electron chi connectivity index (χ3n) is 3.90. The van der Waals surface area contributed by atoms with Crippen LogP contribution in [0.3, 0.4) is 0 Å². The van der Waals surface area contributed by atoms with Crippen molar-refractivity contribution < 1.29 is 23.8 Å². The average Bonchev–Trinajstić information content (AvgIpc) is 3.22. The Kier molecular flexibility index (Phi) is 2.88. The van der Waals surface area contributed by atoms with E-state index in [0.717, 1.165) is 0 Å². The lowest BCUT2D eigenvalue weighted by molar-refractivity contribution is -0.153. The fraction of sp³-hybridized carbons (Fsp3) is 0.429. The monoisotopic (exact) mass is 279 g/mol. The summed E-state index contributed by atoms with van der Waals surface area (Å²) in [6.07, 6.45) is 0.700. The summed E-state index contributed by atoms with van der Waals surface area (Å²) in [6.45, 7) is 0.551. The summed E-state index contributed by atoms with van der Waals surface area (Å²) in [5.74, 6) is -1.56. The summed E-state index contributed by atoms with van der Waals surface area (Å²) in [4.78, 5) is 25.0. The van der Waals surface area contributed by atoms with E-state index in [9.17, 15) is 19.1 Å². The van der Waals surface area contributed by atoms with Gasteiger partial charge < -0.3 is 14.7 Å². The number of carbonyl (C=O) groups excluding carboxylic acids is 1. The molecule has 0 atom stereocenters. The molecule has 1 aliphatic heterocycles. The maximum atomic E-state index is 13.8. The van der Waals surface area contributed by atoms with E-state index in [1.165, 1.54) is 11.0 Å². The van der Waals surface area contributed by atoms with Gasteiger partial charge in [0, 0.05) is 5.56 Å². The van der Waals surface area contributed by atoms with E-state index in [-0.39, 0.29) is 19.7 Å². The molecule has 1 fully saturated rings. The Morgan fingerprint density at radius 1 is 1.35 bits per heavy atom. The zero-order valence-corrected chi connectivity index (χ0v) is 10.8. The Labute approximate surface area is 114 Å². The van der Waals surface area contributed by atoms with Gasteiger partial charge in [0.2, 0.25) is 5.91 Å². The zero-order valence-electron chi connectivity index (χ0n) is 10.8. The fourth-order valence-electron chi connectivity index (χ4n) is 2.48. The molecule has 1 saturated carbocycles. The molecule has 1 N–H and O–H groups in total. The summed E-state index contributed by atoms with van der Waals surface area (Å²) < 4.78 is 19.2. The van der Waals surface area contributed by atoms with E-state index in [1.807, 2.05) is 0 Å². The third-order valence-corrected chi connectivity index (χ3v) is 3.90. The van der Waals surface area contributed by atoms with Crippen LogP contribution < -0.4 is 4.74 Å². The van der Waals surface area contributed by atoms with Crippen molar-refractivity contribution in [2.24, 2.45) is 5.41 Å². The number of ether oxygens (including phenoxy) is 1. The standard InChI is InChI=1S/C14H14FNO4/c15-10-2-1-3-11-9(10)8-16(6-7-20-11)12(17)14(4-5-14)13(18)19/h1-3H,4-8H2,(H,18,19). The highest BCUT2D eigenvalue weighted by Gasteiger charge is 2.58. The molecule has 0 aromatic heterocycles. The van der Waals surface area contributed by atoms with Crippen molar-refractivity contribution in [1.29, 1.82) is 0 Å². The van der Waals surface area contributed by atoms with Crippen molar-refractivity contribution in [3.63, 3.8) is 0 Å². The van der Waals surface area contributed by atoms with Gasteiger partial charge in [-0.05, 0) is 25.0 Å². The van der Waals surface area contributed by atoms with Gasteiger partial charge in [-0.2, -0.15) is 0 Å². The third kappa shape index (κ3) is 1.92. The maximum Gasteiger partial charge on any atom is 0.319 e. The van der Waals surface area contributed by atoms with Gasteiger partial charge in [0.05, 0.1) is 13.1 Å². The molecule has 1 heterocycles. The van der Waals surface area contributed by atoms with Crippen LogP contribution in [-0.4, -0.2) is 35.0 Å². The largest absolute Gasteiger partial charge is 0.491 e. The number of hydrogen-bond donors (Lipinski definition) is 1. The van der Waals surface area contributed by atoms with Gasteiger partial charge in [0.25, 0.3) is 0 Å². The Hall–Kier alpha value is -2.11. The summed E-state index contributed by atoms with van der Waals surface area (Å²) in [5.41, 5.74) is -0.991. The van der Waals surface area contributed by atoms with E-state index in [1.54, 1.807) is 12.1 Å². The predicted molar refractivity (Wildman–Crippen MR) is 66.6 cm³/mol. The minimum absolute atomic E-state index is 0.0515. The van der Waals surface area contributed by atoms with E-state index in [2.05, 4.69) is 0 Å². The van der Waals surface area contributed by atoms with E-state index in [0.29, 0.717) is 24.2 Å². The minimum atomic E-state index is -1.30. The van der Waals surface area contributed by atoms with Crippen LogP contribution in [-0.2, 0) is 16.1 Å². The van der Waals surface area contributed by atoms with E-state index in [4.69, 9.17) is 4.74 Å². The SMILES string of the molecule is O=C(O)C1(C(=O)N2CCOc3cccc(F)c3C2)CC1. The van der Waals surface area contributed by atoms with Crippen LogP contribution in [0.25, 0.3) is 0 Å². The Balaban J connectivity index is 1.88. The second-order valence-electron chi connectivity index (χ2n) is 5.18. The molecule has 0 bridgehead atoms. The number of carboxylic acid groups (broad SMARTS) is 1. The molecule has 0 radical (unpaired) electrons. The molecule has 106 valence electrons. The Morgan fingerprint density at radius 2 is 2.10 bits per heavy atom. The highest BCUT2D eigenvalue weighted by Crippen LogP contribution is 2.48. The van der Waals surface area contributed by atoms with Crippen molar-refractivity contribution in [1.82, 2.24) is 4.90 Å². The van der Waals surface area contributed by atoms with Crippen LogP contribution in [0.5, 0.6) is 5.75 Å². The van der Waals surface area contributed by atoms with Crippen molar-refractivity contribution in [2.75, 3.05) is 13.2 Å². The summed E-state index contributed by atoms with van der Waals surface area (Å²) in [7, 11) is 0. The molecule has 3 rings (SSSR count). The lowest BCUT2D eigenvalue weighted by atomic mass is 10.1. The number of hydrogen-bond acceptors (Lipinski definition) is 3. The summed E-state index contributed by atoms with van der Waals surface area (Å²) in [5, 5.41) is 9.17. The van der Waals surface area contributed by atoms with Gasteiger partial charge >= 0.3 is 5.97 Å². The lowest BCUT2D eigenvalue weighted by Gasteiger charge is -2.23. The summed E-state index contributed by atoms with van der Waals surface area (Å²) >= 11 is 0. The van der Waals surface area contributed by atoms with Crippen LogP contribution in [0.2, 0.25) is 0 Å². The normalized spacial score (nSPS) is 19.6. The van der Waals surface area contributed by atoms with Crippen molar-refractivity contribution >= 4 is 11.9 Å². The van der Waals surface area contributed by atoms with Crippen LogP contribution in [0, 0.1) is 11.2 Å². The molecule has 0 unspecified atom stereocenters. The number of fused-ring (bicyclic) bond motifs is 1. The van der Waals surface area contributed by atoms with Crippen molar-refractivity contribution in [3.05, 3.63) is 29.6 Å². The van der Waals surface area contributed by atoms with Gasteiger partial charge in [-0.15, -0.1) is 0 Å². The van der Waals surface area contributed by atoms with Crippen LogP contribution in [0.15, 0.2) is 18.2 Å². The number of halogens is 1. The van der Waals surface area contributed by atoms with Crippen LogP contribution in [0.1, 0.15) is 18.4 Å². The molecule has 0 saturated heterocycles. The molecule has 1 aromatic rings. The maximum absolute atomic E-state index is 13.8. The number of carboxylic acids is 1. The summed E-state index contributed by atoms with van der Waals surface area (Å²) in [6, 6.07) is 4.50. The second-order valence-corrected chi connectivity index (χ2v) is 5.18. The van der Waals surface area contributed by atoms with Gasteiger partial charge in [0.15, 0.2) is 0 Å². The Morgan fingerprint density at radius 3 is 2.75 bits per heavy atom. The van der Waals surface area contributed by atoms with Gasteiger partial charge in [-0.25, -0.2) is 4.39 Å². The average molecular weight is 279 g/mol. The molecule has 0 spiro atoms. The molecule has 5 nitrogen and oxygen atoms in total. The van der Waals surface area contributed by atoms with Crippen molar-refractivity contribution in [2.45, 2.75) is 19.4 Å². The number of amides is 1.